The predicted molar refractivity (Wildman–Crippen MR) is 104 cm³/mol. The lowest BCUT2D eigenvalue weighted by Crippen LogP contribution is -2.14. The third kappa shape index (κ3) is 3.45. The van der Waals surface area contributed by atoms with Gasteiger partial charge in [0.05, 0.1) is 19.1 Å². The Balaban J connectivity index is 1.56. The van der Waals surface area contributed by atoms with Gasteiger partial charge >= 0.3 is 0 Å². The molecule has 2 N–H and O–H groups in total. The summed E-state index contributed by atoms with van der Waals surface area (Å²) in [7, 11) is 1.49. The van der Waals surface area contributed by atoms with E-state index in [0.717, 1.165) is 5.39 Å². The standard InChI is InChI=1S/C21H16N2O5/c1-26-17-9-8-14(12-15(17)23-20(24)18-7-4-10-27-18)22-21(25)19-11-13-5-2-3-6-16(13)28-19/h2-12H,1H3,(H,22,25)(H,23,24). The Morgan fingerprint density at radius 3 is 2.46 bits per heavy atom. The van der Waals surface area contributed by atoms with Crippen molar-refractivity contribution in [3.8, 4) is 5.75 Å². The number of benzene rings is 2. The second-order valence-corrected chi connectivity index (χ2v) is 5.95. The Hall–Kier alpha value is -4.00. The zero-order chi connectivity index (χ0) is 19.5. The minimum absolute atomic E-state index is 0.166. The van der Waals surface area contributed by atoms with Crippen LogP contribution < -0.4 is 15.4 Å². The van der Waals surface area contributed by atoms with E-state index < -0.39 is 11.8 Å². The van der Waals surface area contributed by atoms with Crippen molar-refractivity contribution in [3.05, 3.63) is 78.4 Å². The van der Waals surface area contributed by atoms with Crippen molar-refractivity contribution in [2.24, 2.45) is 0 Å². The molecule has 0 radical (unpaired) electrons. The van der Waals surface area contributed by atoms with Crippen LogP contribution in [-0.2, 0) is 0 Å². The summed E-state index contributed by atoms with van der Waals surface area (Å²) in [6, 6.07) is 17.1. The maximum Gasteiger partial charge on any atom is 0.291 e. The first-order valence-electron chi connectivity index (χ1n) is 8.47. The Bertz CT molecular complexity index is 1110. The van der Waals surface area contributed by atoms with Gasteiger partial charge in [0.1, 0.15) is 11.3 Å². The van der Waals surface area contributed by atoms with E-state index in [4.69, 9.17) is 13.6 Å². The van der Waals surface area contributed by atoms with Crippen LogP contribution >= 0.6 is 0 Å². The smallest absolute Gasteiger partial charge is 0.291 e. The van der Waals surface area contributed by atoms with E-state index in [1.165, 1.54) is 13.4 Å². The third-order valence-electron chi connectivity index (χ3n) is 4.10. The quantitative estimate of drug-likeness (QED) is 0.533. The molecular formula is C21H16N2O5. The van der Waals surface area contributed by atoms with Gasteiger partial charge in [0.2, 0.25) is 0 Å². The van der Waals surface area contributed by atoms with Crippen molar-refractivity contribution in [1.29, 1.82) is 0 Å². The van der Waals surface area contributed by atoms with E-state index in [9.17, 15) is 9.59 Å². The highest BCUT2D eigenvalue weighted by atomic mass is 16.5. The van der Waals surface area contributed by atoms with Gasteiger partial charge in [-0.3, -0.25) is 9.59 Å². The fourth-order valence-electron chi connectivity index (χ4n) is 2.76. The number of fused-ring (bicyclic) bond motifs is 1. The number of rotatable bonds is 5. The summed E-state index contributed by atoms with van der Waals surface area (Å²) in [5, 5.41) is 6.30. The van der Waals surface area contributed by atoms with Crippen molar-refractivity contribution < 1.29 is 23.2 Å². The molecule has 7 heteroatoms. The Morgan fingerprint density at radius 2 is 1.71 bits per heavy atom. The summed E-state index contributed by atoms with van der Waals surface area (Å²) in [5.74, 6) is -0.0210. The second kappa shape index (κ2) is 7.32. The van der Waals surface area contributed by atoms with Gasteiger partial charge in [0.15, 0.2) is 11.5 Å². The first-order chi connectivity index (χ1) is 13.6. The number of para-hydroxylation sites is 1. The van der Waals surface area contributed by atoms with E-state index in [-0.39, 0.29) is 11.5 Å². The summed E-state index contributed by atoms with van der Waals surface area (Å²) >= 11 is 0. The van der Waals surface area contributed by atoms with Gasteiger partial charge in [-0.25, -0.2) is 0 Å². The lowest BCUT2D eigenvalue weighted by Gasteiger charge is -2.12. The number of hydrogen-bond acceptors (Lipinski definition) is 5. The molecule has 0 unspecified atom stereocenters. The van der Waals surface area contributed by atoms with Crippen LogP contribution in [0.5, 0.6) is 5.75 Å². The SMILES string of the molecule is COc1ccc(NC(=O)c2cc3ccccc3o2)cc1NC(=O)c1ccco1. The van der Waals surface area contributed by atoms with E-state index in [1.54, 1.807) is 42.5 Å². The third-order valence-corrected chi connectivity index (χ3v) is 4.10. The Labute approximate surface area is 159 Å². The highest BCUT2D eigenvalue weighted by molar-refractivity contribution is 6.06. The van der Waals surface area contributed by atoms with Crippen molar-refractivity contribution in [2.45, 2.75) is 0 Å². The minimum atomic E-state index is -0.427. The molecule has 28 heavy (non-hydrogen) atoms. The lowest BCUT2D eigenvalue weighted by molar-refractivity contribution is 0.0991. The molecule has 0 fully saturated rings. The van der Waals surface area contributed by atoms with Gasteiger partial charge in [-0.15, -0.1) is 0 Å². The number of carbonyl (C=O) groups excluding carboxylic acids is 2. The molecular weight excluding hydrogens is 360 g/mol. The van der Waals surface area contributed by atoms with Gasteiger partial charge in [0, 0.05) is 11.1 Å². The Morgan fingerprint density at radius 1 is 0.893 bits per heavy atom. The van der Waals surface area contributed by atoms with Crippen LogP contribution in [0.2, 0.25) is 0 Å². The molecule has 0 aliphatic heterocycles. The number of carbonyl (C=O) groups is 2. The van der Waals surface area contributed by atoms with Crippen molar-refractivity contribution in [2.75, 3.05) is 17.7 Å². The van der Waals surface area contributed by atoms with Crippen molar-refractivity contribution in [3.63, 3.8) is 0 Å². The van der Waals surface area contributed by atoms with E-state index in [1.807, 2.05) is 18.2 Å². The maximum absolute atomic E-state index is 12.5. The van der Waals surface area contributed by atoms with E-state index >= 15 is 0 Å². The molecule has 4 rings (SSSR count). The molecule has 2 aromatic carbocycles. The monoisotopic (exact) mass is 376 g/mol. The Kier molecular flexibility index (Phi) is 4.55. The number of hydrogen-bond donors (Lipinski definition) is 2. The summed E-state index contributed by atoms with van der Waals surface area (Å²) in [5.41, 5.74) is 1.50. The number of furan rings is 2. The molecule has 0 aliphatic carbocycles. The van der Waals surface area contributed by atoms with Gasteiger partial charge in [-0.1, -0.05) is 18.2 Å². The number of anilines is 2. The maximum atomic E-state index is 12.5. The number of ether oxygens (including phenoxy) is 1. The number of amides is 2. The first-order valence-corrected chi connectivity index (χ1v) is 8.47. The largest absolute Gasteiger partial charge is 0.495 e. The normalized spacial score (nSPS) is 10.6. The molecule has 2 amide bonds. The highest BCUT2D eigenvalue weighted by Gasteiger charge is 2.15. The van der Waals surface area contributed by atoms with Crippen LogP contribution in [0.25, 0.3) is 11.0 Å². The second-order valence-electron chi connectivity index (χ2n) is 5.95. The zero-order valence-electron chi connectivity index (χ0n) is 14.9. The summed E-state index contributed by atoms with van der Waals surface area (Å²) in [6.45, 7) is 0. The topological polar surface area (TPSA) is 93.7 Å². The molecule has 7 nitrogen and oxygen atoms in total. The molecule has 140 valence electrons. The summed E-state index contributed by atoms with van der Waals surface area (Å²) < 4.78 is 15.9. The van der Waals surface area contributed by atoms with Crippen molar-refractivity contribution in [1.82, 2.24) is 0 Å². The fraction of sp³-hybridized carbons (Fsp3) is 0.0476. The van der Waals surface area contributed by atoms with Crippen LogP contribution in [0, 0.1) is 0 Å². The van der Waals surface area contributed by atoms with Gasteiger partial charge in [-0.2, -0.15) is 0 Å². The van der Waals surface area contributed by atoms with E-state index in [2.05, 4.69) is 10.6 Å². The summed E-state index contributed by atoms with van der Waals surface area (Å²) in [4.78, 5) is 24.8. The van der Waals surface area contributed by atoms with Crippen LogP contribution in [0.1, 0.15) is 21.1 Å². The molecule has 2 heterocycles. The predicted octanol–water partition coefficient (Wildman–Crippen LogP) is 4.54. The van der Waals surface area contributed by atoms with Gasteiger partial charge in [0.25, 0.3) is 11.8 Å². The average molecular weight is 376 g/mol. The highest BCUT2D eigenvalue weighted by Crippen LogP contribution is 2.29. The first kappa shape index (κ1) is 17.4. The van der Waals surface area contributed by atoms with Crippen LogP contribution in [0.15, 0.2) is 75.8 Å². The van der Waals surface area contributed by atoms with Gasteiger partial charge in [-0.05, 0) is 42.5 Å². The fourth-order valence-corrected chi connectivity index (χ4v) is 2.76. The molecule has 0 aliphatic rings. The average Bonchev–Trinajstić information content (AvgIpc) is 3.38. The van der Waals surface area contributed by atoms with Crippen LogP contribution in [-0.4, -0.2) is 18.9 Å². The number of methoxy groups -OCH3 is 1. The van der Waals surface area contributed by atoms with Gasteiger partial charge < -0.3 is 24.2 Å². The van der Waals surface area contributed by atoms with Crippen LogP contribution in [0.4, 0.5) is 11.4 Å². The molecule has 2 aromatic heterocycles. The van der Waals surface area contributed by atoms with Crippen molar-refractivity contribution >= 4 is 34.2 Å². The number of nitrogens with one attached hydrogen (secondary N) is 2. The minimum Gasteiger partial charge on any atom is -0.495 e. The zero-order valence-corrected chi connectivity index (χ0v) is 14.9. The molecule has 0 saturated heterocycles. The molecule has 0 saturated carbocycles. The molecule has 0 spiro atoms. The molecule has 0 bridgehead atoms. The molecule has 0 atom stereocenters. The van der Waals surface area contributed by atoms with Crippen LogP contribution in [0.3, 0.4) is 0 Å². The summed E-state index contributed by atoms with van der Waals surface area (Å²) in [6.07, 6.45) is 1.41. The van der Waals surface area contributed by atoms with E-state index in [0.29, 0.717) is 22.7 Å². The molecule has 4 aromatic rings. The lowest BCUT2D eigenvalue weighted by atomic mass is 10.2.